The molecular formula is C18H23N. The second kappa shape index (κ2) is 5.92. The van der Waals surface area contributed by atoms with Crippen LogP contribution in [0.1, 0.15) is 32.8 Å². The molecule has 0 saturated carbocycles. The number of para-hydroxylation sites is 1. The first-order valence-electron chi connectivity index (χ1n) is 7.04. The Morgan fingerprint density at radius 3 is 1.89 bits per heavy atom. The molecule has 0 radical (unpaired) electrons. The molecule has 0 atom stereocenters. The molecule has 0 amide bonds. The third kappa shape index (κ3) is 2.98. The van der Waals surface area contributed by atoms with E-state index in [1.54, 1.807) is 0 Å². The molecule has 0 unspecified atom stereocenters. The van der Waals surface area contributed by atoms with Crippen molar-refractivity contribution in [3.05, 3.63) is 66.2 Å². The highest BCUT2D eigenvalue weighted by atomic mass is 15.2. The Morgan fingerprint density at radius 2 is 1.37 bits per heavy atom. The molecule has 0 heterocycles. The maximum atomic E-state index is 2.49. The number of hydrogen-bond acceptors (Lipinski definition) is 1. The topological polar surface area (TPSA) is 3.24 Å². The van der Waals surface area contributed by atoms with Gasteiger partial charge in [0.05, 0.1) is 5.54 Å². The lowest BCUT2D eigenvalue weighted by molar-refractivity contribution is 0.479. The zero-order valence-electron chi connectivity index (χ0n) is 12.1. The average molecular weight is 253 g/mol. The smallest absolute Gasteiger partial charge is 0.0597 e. The van der Waals surface area contributed by atoms with E-state index in [4.69, 9.17) is 0 Å². The second-order valence-corrected chi connectivity index (χ2v) is 5.41. The van der Waals surface area contributed by atoms with Gasteiger partial charge in [0.15, 0.2) is 0 Å². The van der Waals surface area contributed by atoms with Gasteiger partial charge in [0.25, 0.3) is 0 Å². The first-order chi connectivity index (χ1) is 9.16. The lowest BCUT2D eigenvalue weighted by atomic mass is 9.91. The Bertz CT molecular complexity index is 488. The molecule has 0 aromatic heterocycles. The molecule has 1 heteroatoms. The Balaban J connectivity index is 2.39. The van der Waals surface area contributed by atoms with E-state index in [1.807, 2.05) is 0 Å². The quantitative estimate of drug-likeness (QED) is 0.737. The minimum Gasteiger partial charge on any atom is -0.362 e. The fraction of sp³-hybridized carbons (Fsp3) is 0.333. The third-order valence-electron chi connectivity index (χ3n) is 3.67. The molecule has 2 rings (SSSR count). The molecule has 0 aliphatic heterocycles. The molecule has 19 heavy (non-hydrogen) atoms. The molecule has 2 aromatic carbocycles. The normalized spacial score (nSPS) is 11.3. The molecule has 1 nitrogen and oxygen atoms in total. The maximum absolute atomic E-state index is 2.49. The van der Waals surface area contributed by atoms with Crippen molar-refractivity contribution in [3.8, 4) is 0 Å². The fourth-order valence-corrected chi connectivity index (χ4v) is 2.56. The van der Waals surface area contributed by atoms with E-state index in [-0.39, 0.29) is 5.54 Å². The van der Waals surface area contributed by atoms with Gasteiger partial charge in [0.2, 0.25) is 0 Å². The highest BCUT2D eigenvalue weighted by Gasteiger charge is 2.28. The van der Waals surface area contributed by atoms with Gasteiger partial charge >= 0.3 is 0 Å². The van der Waals surface area contributed by atoms with Crippen LogP contribution in [-0.2, 0) is 5.54 Å². The summed E-state index contributed by atoms with van der Waals surface area (Å²) < 4.78 is 0. The number of benzene rings is 2. The molecule has 0 bridgehead atoms. The summed E-state index contributed by atoms with van der Waals surface area (Å²) in [5.74, 6) is 0. The van der Waals surface area contributed by atoms with Crippen LogP contribution in [-0.4, -0.2) is 6.54 Å². The number of hydrogen-bond donors (Lipinski definition) is 0. The van der Waals surface area contributed by atoms with Gasteiger partial charge in [-0.05, 0) is 38.0 Å². The summed E-state index contributed by atoms with van der Waals surface area (Å²) in [6.45, 7) is 7.89. The Labute approximate surface area is 116 Å². The van der Waals surface area contributed by atoms with Crippen LogP contribution in [0.3, 0.4) is 0 Å². The van der Waals surface area contributed by atoms with Gasteiger partial charge in [-0.1, -0.05) is 55.5 Å². The van der Waals surface area contributed by atoms with E-state index in [0.29, 0.717) is 0 Å². The number of nitrogens with zero attached hydrogens (tertiary/aromatic N) is 1. The Morgan fingerprint density at radius 1 is 0.842 bits per heavy atom. The molecular weight excluding hydrogens is 230 g/mol. The standard InChI is InChI=1S/C18H23N/c1-4-15-19(17-13-9-6-10-14-17)18(2,3)16-11-7-5-8-12-16/h5-14H,4,15H2,1-3H3. The summed E-state index contributed by atoms with van der Waals surface area (Å²) in [5.41, 5.74) is 2.64. The van der Waals surface area contributed by atoms with Crippen LogP contribution in [0.25, 0.3) is 0 Å². The Kier molecular flexibility index (Phi) is 4.26. The predicted molar refractivity (Wildman–Crippen MR) is 83.5 cm³/mol. The van der Waals surface area contributed by atoms with Crippen molar-refractivity contribution < 1.29 is 0 Å². The van der Waals surface area contributed by atoms with Gasteiger partial charge in [0.1, 0.15) is 0 Å². The van der Waals surface area contributed by atoms with Crippen molar-refractivity contribution in [1.29, 1.82) is 0 Å². The van der Waals surface area contributed by atoms with Crippen molar-refractivity contribution in [2.45, 2.75) is 32.7 Å². The first-order valence-corrected chi connectivity index (χ1v) is 7.04. The minimum atomic E-state index is -0.00137. The molecule has 0 saturated heterocycles. The summed E-state index contributed by atoms with van der Waals surface area (Å²) in [6.07, 6.45) is 1.14. The predicted octanol–water partition coefficient (Wildman–Crippen LogP) is 4.84. The highest BCUT2D eigenvalue weighted by Crippen LogP contribution is 2.32. The number of rotatable bonds is 5. The average Bonchev–Trinajstić information content (AvgIpc) is 2.46. The van der Waals surface area contributed by atoms with Crippen LogP contribution in [0, 0.1) is 0 Å². The zero-order valence-corrected chi connectivity index (χ0v) is 12.1. The third-order valence-corrected chi connectivity index (χ3v) is 3.67. The molecule has 100 valence electrons. The van der Waals surface area contributed by atoms with Gasteiger partial charge in [0, 0.05) is 12.2 Å². The summed E-state index contributed by atoms with van der Waals surface area (Å²) in [6, 6.07) is 21.4. The van der Waals surface area contributed by atoms with Crippen molar-refractivity contribution in [2.24, 2.45) is 0 Å². The van der Waals surface area contributed by atoms with Crippen molar-refractivity contribution in [3.63, 3.8) is 0 Å². The van der Waals surface area contributed by atoms with E-state index in [9.17, 15) is 0 Å². The van der Waals surface area contributed by atoms with E-state index in [0.717, 1.165) is 13.0 Å². The van der Waals surface area contributed by atoms with E-state index in [2.05, 4.69) is 86.3 Å². The lowest BCUT2D eigenvalue weighted by Gasteiger charge is -2.41. The van der Waals surface area contributed by atoms with Gasteiger partial charge in [-0.2, -0.15) is 0 Å². The van der Waals surface area contributed by atoms with Crippen LogP contribution in [0.2, 0.25) is 0 Å². The monoisotopic (exact) mass is 253 g/mol. The molecule has 0 spiro atoms. The van der Waals surface area contributed by atoms with Gasteiger partial charge in [-0.3, -0.25) is 0 Å². The summed E-state index contributed by atoms with van der Waals surface area (Å²) in [7, 11) is 0. The van der Waals surface area contributed by atoms with E-state index < -0.39 is 0 Å². The fourth-order valence-electron chi connectivity index (χ4n) is 2.56. The molecule has 2 aromatic rings. The molecule has 0 aliphatic carbocycles. The van der Waals surface area contributed by atoms with Crippen molar-refractivity contribution >= 4 is 5.69 Å². The zero-order chi connectivity index (χ0) is 13.7. The van der Waals surface area contributed by atoms with E-state index in [1.165, 1.54) is 11.3 Å². The molecule has 0 aliphatic rings. The highest BCUT2D eigenvalue weighted by molar-refractivity contribution is 5.50. The van der Waals surface area contributed by atoms with Gasteiger partial charge in [-0.15, -0.1) is 0 Å². The van der Waals surface area contributed by atoms with Crippen molar-refractivity contribution in [1.82, 2.24) is 0 Å². The lowest BCUT2D eigenvalue weighted by Crippen LogP contribution is -2.42. The maximum Gasteiger partial charge on any atom is 0.0597 e. The minimum absolute atomic E-state index is 0.00137. The van der Waals surface area contributed by atoms with Crippen LogP contribution >= 0.6 is 0 Å². The van der Waals surface area contributed by atoms with Gasteiger partial charge < -0.3 is 4.90 Å². The van der Waals surface area contributed by atoms with Crippen LogP contribution in [0.4, 0.5) is 5.69 Å². The Hall–Kier alpha value is -1.76. The van der Waals surface area contributed by atoms with Crippen LogP contribution in [0.15, 0.2) is 60.7 Å². The first kappa shape index (κ1) is 13.7. The second-order valence-electron chi connectivity index (χ2n) is 5.41. The number of anilines is 1. The summed E-state index contributed by atoms with van der Waals surface area (Å²) >= 11 is 0. The largest absolute Gasteiger partial charge is 0.362 e. The van der Waals surface area contributed by atoms with Gasteiger partial charge in [-0.25, -0.2) is 0 Å². The summed E-state index contributed by atoms with van der Waals surface area (Å²) in [5, 5.41) is 0. The van der Waals surface area contributed by atoms with E-state index >= 15 is 0 Å². The molecule has 0 N–H and O–H groups in total. The SMILES string of the molecule is CCCN(c1ccccc1)C(C)(C)c1ccccc1. The van der Waals surface area contributed by atoms with Crippen LogP contribution in [0.5, 0.6) is 0 Å². The molecule has 0 fully saturated rings. The van der Waals surface area contributed by atoms with Crippen LogP contribution < -0.4 is 4.90 Å². The summed E-state index contributed by atoms with van der Waals surface area (Å²) in [4.78, 5) is 2.49. The van der Waals surface area contributed by atoms with Crippen molar-refractivity contribution in [2.75, 3.05) is 11.4 Å².